The second-order valence-electron chi connectivity index (χ2n) is 3.40. The molecule has 0 fully saturated rings. The van der Waals surface area contributed by atoms with E-state index in [1.54, 1.807) is 12.1 Å². The van der Waals surface area contributed by atoms with Crippen molar-refractivity contribution < 1.29 is 8.42 Å². The Hall–Kier alpha value is -0.760. The number of hydrogen-bond acceptors (Lipinski definition) is 4. The minimum absolute atomic E-state index is 0.154. The van der Waals surface area contributed by atoms with Crippen LogP contribution in [0.4, 0.5) is 11.4 Å². The normalized spacial score (nSPS) is 11.4. The Morgan fingerprint density at radius 1 is 1.28 bits per heavy atom. The van der Waals surface area contributed by atoms with E-state index >= 15 is 0 Å². The molecule has 0 saturated heterocycles. The highest BCUT2D eigenvalue weighted by Crippen LogP contribution is 2.30. The number of thiophene rings is 1. The van der Waals surface area contributed by atoms with Crippen LogP contribution in [0.15, 0.2) is 39.0 Å². The van der Waals surface area contributed by atoms with Gasteiger partial charge in [0.05, 0.1) is 10.0 Å². The molecule has 0 aliphatic carbocycles. The first-order chi connectivity index (χ1) is 8.38. The van der Waals surface area contributed by atoms with Crippen LogP contribution in [0, 0.1) is 0 Å². The molecule has 0 saturated carbocycles. The average Bonchev–Trinajstić information content (AvgIpc) is 2.71. The van der Waals surface area contributed by atoms with Crippen LogP contribution in [0.2, 0.25) is 4.34 Å². The molecule has 2 aromatic rings. The molecule has 96 valence electrons. The number of rotatable bonds is 3. The molecule has 0 unspecified atom stereocenters. The second-order valence-corrected chi connectivity index (χ2v) is 7.88. The van der Waals surface area contributed by atoms with Crippen LogP contribution in [0.25, 0.3) is 0 Å². The maximum absolute atomic E-state index is 12.1. The Balaban J connectivity index is 2.36. The molecule has 0 atom stereocenters. The summed E-state index contributed by atoms with van der Waals surface area (Å²) in [6.45, 7) is 0. The molecule has 0 radical (unpaired) electrons. The predicted octanol–water partition coefficient (Wildman–Crippen LogP) is 3.55. The third-order valence-corrected chi connectivity index (χ3v) is 5.83. The van der Waals surface area contributed by atoms with Gasteiger partial charge in [-0.15, -0.1) is 11.3 Å². The fraction of sp³-hybridized carbons (Fsp3) is 0. The lowest BCUT2D eigenvalue weighted by atomic mass is 10.3. The van der Waals surface area contributed by atoms with Crippen molar-refractivity contribution in [1.29, 1.82) is 0 Å². The van der Waals surface area contributed by atoms with Crippen molar-refractivity contribution in [3.8, 4) is 0 Å². The van der Waals surface area contributed by atoms with Crippen LogP contribution in [0.5, 0.6) is 0 Å². The molecule has 3 N–H and O–H groups in total. The summed E-state index contributed by atoms with van der Waals surface area (Å²) in [7, 11) is -3.63. The quantitative estimate of drug-likeness (QED) is 0.815. The molecule has 1 aromatic heterocycles. The lowest BCUT2D eigenvalue weighted by Gasteiger charge is -2.08. The molecule has 4 nitrogen and oxygen atoms in total. The van der Waals surface area contributed by atoms with E-state index in [2.05, 4.69) is 20.7 Å². The van der Waals surface area contributed by atoms with Crippen LogP contribution in [-0.2, 0) is 10.0 Å². The lowest BCUT2D eigenvalue weighted by molar-refractivity contribution is 0.603. The Bertz CT molecular complexity index is 685. The summed E-state index contributed by atoms with van der Waals surface area (Å²) in [5.41, 5.74) is 6.48. The van der Waals surface area contributed by atoms with E-state index in [-0.39, 0.29) is 4.21 Å². The molecule has 0 bridgehead atoms. The number of nitrogens with one attached hydrogen (secondary N) is 1. The molecule has 1 heterocycles. The van der Waals surface area contributed by atoms with Gasteiger partial charge in [0.15, 0.2) is 0 Å². The van der Waals surface area contributed by atoms with Gasteiger partial charge in [-0.05, 0) is 46.3 Å². The van der Waals surface area contributed by atoms with E-state index in [0.717, 1.165) is 11.3 Å². The first kappa shape index (κ1) is 13.7. The van der Waals surface area contributed by atoms with Crippen molar-refractivity contribution in [2.45, 2.75) is 4.21 Å². The van der Waals surface area contributed by atoms with E-state index in [1.807, 2.05) is 0 Å². The van der Waals surface area contributed by atoms with Gasteiger partial charge in [0.1, 0.15) is 4.21 Å². The number of halogens is 2. The molecule has 2 rings (SSSR count). The highest BCUT2D eigenvalue weighted by Gasteiger charge is 2.17. The van der Waals surface area contributed by atoms with E-state index in [4.69, 9.17) is 17.3 Å². The maximum Gasteiger partial charge on any atom is 0.271 e. The molecule has 18 heavy (non-hydrogen) atoms. The molecule has 1 aromatic carbocycles. The van der Waals surface area contributed by atoms with Gasteiger partial charge in [0.2, 0.25) is 0 Å². The monoisotopic (exact) mass is 366 g/mol. The van der Waals surface area contributed by atoms with Gasteiger partial charge in [0.25, 0.3) is 10.0 Å². The van der Waals surface area contributed by atoms with Gasteiger partial charge in [0, 0.05) is 10.2 Å². The summed E-state index contributed by atoms with van der Waals surface area (Å²) >= 11 is 9.97. The van der Waals surface area contributed by atoms with E-state index in [9.17, 15) is 8.42 Å². The third-order valence-electron chi connectivity index (χ3n) is 2.05. The van der Waals surface area contributed by atoms with Crippen molar-refractivity contribution in [3.63, 3.8) is 0 Å². The highest BCUT2D eigenvalue weighted by molar-refractivity contribution is 9.10. The number of anilines is 2. The second kappa shape index (κ2) is 5.08. The SMILES string of the molecule is Nc1ccc(Br)c(NS(=O)(=O)c2ccc(Cl)s2)c1. The summed E-state index contributed by atoms with van der Waals surface area (Å²) in [5.74, 6) is 0. The van der Waals surface area contributed by atoms with Crippen molar-refractivity contribution in [3.05, 3.63) is 39.1 Å². The molecule has 0 amide bonds. The van der Waals surface area contributed by atoms with Crippen LogP contribution >= 0.6 is 38.9 Å². The zero-order chi connectivity index (χ0) is 13.3. The standard InChI is InChI=1S/C10H8BrClN2O2S2/c11-7-2-1-6(13)5-8(7)14-18(15,16)10-4-3-9(12)17-10/h1-5,14H,13H2. The summed E-state index contributed by atoms with van der Waals surface area (Å²) in [5, 5.41) is 0. The van der Waals surface area contributed by atoms with Gasteiger partial charge >= 0.3 is 0 Å². The zero-order valence-corrected chi connectivity index (χ0v) is 12.8. The molecule has 0 aliphatic rings. The Morgan fingerprint density at radius 3 is 2.61 bits per heavy atom. The average molecular weight is 368 g/mol. The van der Waals surface area contributed by atoms with Gasteiger partial charge in [-0.1, -0.05) is 11.6 Å². The maximum atomic E-state index is 12.1. The van der Waals surface area contributed by atoms with Gasteiger partial charge in [-0.2, -0.15) is 0 Å². The number of sulfonamides is 1. The Morgan fingerprint density at radius 2 is 2.00 bits per heavy atom. The Labute approximate surface area is 122 Å². The van der Waals surface area contributed by atoms with Gasteiger partial charge in [-0.25, -0.2) is 8.42 Å². The van der Waals surface area contributed by atoms with E-state index in [1.165, 1.54) is 18.2 Å². The smallest absolute Gasteiger partial charge is 0.271 e. The predicted molar refractivity (Wildman–Crippen MR) is 78.7 cm³/mol. The number of nitrogens with two attached hydrogens (primary N) is 1. The van der Waals surface area contributed by atoms with E-state index in [0.29, 0.717) is 20.2 Å². The zero-order valence-electron chi connectivity index (χ0n) is 8.85. The summed E-state index contributed by atoms with van der Waals surface area (Å²) < 4.78 is 27.8. The van der Waals surface area contributed by atoms with Crippen molar-refractivity contribution in [2.24, 2.45) is 0 Å². The third kappa shape index (κ3) is 2.97. The molecular weight excluding hydrogens is 360 g/mol. The highest BCUT2D eigenvalue weighted by atomic mass is 79.9. The fourth-order valence-electron chi connectivity index (χ4n) is 1.26. The first-order valence-electron chi connectivity index (χ1n) is 4.72. The van der Waals surface area contributed by atoms with Crippen molar-refractivity contribution in [1.82, 2.24) is 0 Å². The minimum atomic E-state index is -3.63. The number of nitrogen functional groups attached to an aromatic ring is 1. The minimum Gasteiger partial charge on any atom is -0.399 e. The fourth-order valence-corrected chi connectivity index (χ4v) is 4.29. The van der Waals surface area contributed by atoms with E-state index < -0.39 is 10.0 Å². The van der Waals surface area contributed by atoms with Crippen LogP contribution in [-0.4, -0.2) is 8.42 Å². The first-order valence-corrected chi connectivity index (χ1v) is 8.19. The Kier molecular flexibility index (Phi) is 3.86. The molecule has 0 aliphatic heterocycles. The van der Waals surface area contributed by atoms with Gasteiger partial charge < -0.3 is 5.73 Å². The number of hydrogen-bond donors (Lipinski definition) is 2. The largest absolute Gasteiger partial charge is 0.399 e. The molecule has 0 spiro atoms. The number of benzene rings is 1. The lowest BCUT2D eigenvalue weighted by Crippen LogP contribution is -2.12. The van der Waals surface area contributed by atoms with Crippen molar-refractivity contribution in [2.75, 3.05) is 10.5 Å². The van der Waals surface area contributed by atoms with Crippen molar-refractivity contribution >= 4 is 60.3 Å². The molecular formula is C10H8BrClN2O2S2. The molecule has 8 heteroatoms. The van der Waals surface area contributed by atoms with Crippen LogP contribution < -0.4 is 10.5 Å². The van der Waals surface area contributed by atoms with Gasteiger partial charge in [-0.3, -0.25) is 4.72 Å². The van der Waals surface area contributed by atoms with Crippen LogP contribution in [0.3, 0.4) is 0 Å². The summed E-state index contributed by atoms with van der Waals surface area (Å²) in [6.07, 6.45) is 0. The summed E-state index contributed by atoms with van der Waals surface area (Å²) in [6, 6.07) is 7.88. The summed E-state index contributed by atoms with van der Waals surface area (Å²) in [4.78, 5) is 0. The van der Waals surface area contributed by atoms with Crippen LogP contribution in [0.1, 0.15) is 0 Å². The topological polar surface area (TPSA) is 72.2 Å².